The van der Waals surface area contributed by atoms with Crippen LogP contribution in [-0.4, -0.2) is 16.2 Å². The van der Waals surface area contributed by atoms with Gasteiger partial charge in [0, 0.05) is 6.92 Å². The third-order valence-electron chi connectivity index (χ3n) is 1.04. The number of aliphatic carboxylic acids is 1. The summed E-state index contributed by atoms with van der Waals surface area (Å²) in [5.41, 5.74) is 0. The van der Waals surface area contributed by atoms with Gasteiger partial charge in [-0.1, -0.05) is 0 Å². The van der Waals surface area contributed by atoms with Crippen molar-refractivity contribution < 1.29 is 41.1 Å². The third kappa shape index (κ3) is 7.01. The number of carbonyl (C=O) groups is 1. The Morgan fingerprint density at radius 3 is 2.31 bits per heavy atom. The molecule has 0 saturated heterocycles. The number of phenols is 1. The first-order chi connectivity index (χ1) is 5.93. The summed E-state index contributed by atoms with van der Waals surface area (Å²) in [5, 5.41) is 16.5. The Bertz CT molecular complexity index is 297. The van der Waals surface area contributed by atoms with Crippen LogP contribution >= 0.6 is 15.9 Å². The van der Waals surface area contributed by atoms with Crippen molar-refractivity contribution in [1.82, 2.24) is 0 Å². The van der Waals surface area contributed by atoms with Crippen molar-refractivity contribution in [3.63, 3.8) is 0 Å². The molecule has 0 saturated carbocycles. The number of rotatable bonds is 0. The van der Waals surface area contributed by atoms with Crippen LogP contribution in [0.1, 0.15) is 6.92 Å². The summed E-state index contributed by atoms with van der Waals surface area (Å²) in [6.45, 7) is 1.08. The predicted octanol–water partition coefficient (Wildman–Crippen LogP) is 1.42. The van der Waals surface area contributed by atoms with Crippen molar-refractivity contribution in [2.24, 2.45) is 0 Å². The molecule has 0 atom stereocenters. The average Bonchev–Trinajstić information content (AvgIpc) is 1.96. The van der Waals surface area contributed by atoms with Gasteiger partial charge in [0.25, 0.3) is 5.97 Å². The maximum absolute atomic E-state index is 9.07. The molecule has 0 aliphatic heterocycles. The van der Waals surface area contributed by atoms with Crippen LogP contribution in [0.4, 0.5) is 0 Å². The summed E-state index contributed by atoms with van der Waals surface area (Å²) in [6.07, 6.45) is 0. The quantitative estimate of drug-likeness (QED) is 0.610. The number of benzene rings is 1. The summed E-state index contributed by atoms with van der Waals surface area (Å²) in [6, 6.07) is 5.51. The van der Waals surface area contributed by atoms with Crippen LogP contribution < -0.4 is 3.07 Å². The second kappa shape index (κ2) is 6.37. The fourth-order valence-electron chi connectivity index (χ4n) is 0.554. The van der Waals surface area contributed by atoms with Gasteiger partial charge in [-0.25, -0.2) is 0 Å². The first kappa shape index (κ1) is 12.9. The molecular weight excluding hydrogens is 425 g/mol. The molecule has 3 nitrogen and oxygen atoms in total. The molecule has 0 heterocycles. The Labute approximate surface area is 101 Å². The summed E-state index contributed by atoms with van der Waals surface area (Å²) < 4.78 is 2.13. The van der Waals surface area contributed by atoms with Crippen LogP contribution in [0.3, 0.4) is 0 Å². The van der Waals surface area contributed by atoms with Crippen LogP contribution in [0.2, 0.25) is 0 Å². The number of hydrogen-bond donors (Lipinski definition) is 2. The van der Waals surface area contributed by atoms with E-state index in [0.29, 0.717) is 31.9 Å². The zero-order valence-corrected chi connectivity index (χ0v) is 14.2. The second-order valence-corrected chi connectivity index (χ2v) is 6.17. The molecule has 5 heteroatoms. The fraction of sp³-hybridized carbons (Fsp3) is 0.125. The van der Waals surface area contributed by atoms with E-state index < -0.39 is 5.97 Å². The molecule has 67 valence electrons. The van der Waals surface area contributed by atoms with Crippen molar-refractivity contribution in [2.75, 3.05) is 0 Å². The predicted molar refractivity (Wildman–Crippen MR) is 48.8 cm³/mol. The number of hydrogen-bond acceptors (Lipinski definition) is 2. The topological polar surface area (TPSA) is 57.5 Å². The Balaban J connectivity index is 0.000000310. The Hall–Kier alpha value is -0.0949. The summed E-state index contributed by atoms with van der Waals surface area (Å²) >= 11 is 3.82. The average molecular weight is 433 g/mol. The van der Waals surface area contributed by atoms with Gasteiger partial charge >= 0.3 is 78.7 Å². The molecule has 1 rings (SSSR count). The molecule has 13 heavy (non-hydrogen) atoms. The van der Waals surface area contributed by atoms with E-state index in [-0.39, 0.29) is 0 Å². The number of halogens is 1. The molecule has 0 amide bonds. The van der Waals surface area contributed by atoms with Crippen LogP contribution in [0.15, 0.2) is 22.7 Å². The van der Waals surface area contributed by atoms with E-state index in [1.165, 1.54) is 0 Å². The standard InChI is InChI=1S/C6H4BrO.C2H4O2.Hg/c7-5-1-3-6(8)4-2-5;1-2(3)4;/h1-3,8H;1H3,(H,3,4);. The molecule has 0 bridgehead atoms. The molecule has 0 aromatic heterocycles. The Morgan fingerprint density at radius 1 is 1.54 bits per heavy atom. The minimum atomic E-state index is -0.833. The van der Waals surface area contributed by atoms with Crippen LogP contribution in [0.25, 0.3) is 0 Å². The zero-order chi connectivity index (χ0) is 10.4. The van der Waals surface area contributed by atoms with Gasteiger partial charge in [-0.2, -0.15) is 0 Å². The van der Waals surface area contributed by atoms with E-state index in [0.717, 1.165) is 14.5 Å². The van der Waals surface area contributed by atoms with Crippen LogP contribution in [0, 0.1) is 0 Å². The molecule has 0 radical (unpaired) electrons. The number of aromatic hydroxyl groups is 1. The van der Waals surface area contributed by atoms with Crippen molar-refractivity contribution in [3.05, 3.63) is 22.7 Å². The van der Waals surface area contributed by atoms with E-state index in [9.17, 15) is 0 Å². The van der Waals surface area contributed by atoms with Gasteiger partial charge in [0.1, 0.15) is 0 Å². The van der Waals surface area contributed by atoms with E-state index >= 15 is 0 Å². The molecule has 1 aromatic carbocycles. The van der Waals surface area contributed by atoms with Gasteiger partial charge in [-0.15, -0.1) is 0 Å². The summed E-state index contributed by atoms with van der Waals surface area (Å²) in [5.74, 6) is -0.401. The molecule has 2 N–H and O–H groups in total. The maximum atomic E-state index is 9.07. The number of carboxylic acid groups (broad SMARTS) is 1. The van der Waals surface area contributed by atoms with E-state index in [1.807, 2.05) is 12.1 Å². The van der Waals surface area contributed by atoms with E-state index in [1.54, 1.807) is 6.07 Å². The van der Waals surface area contributed by atoms with Gasteiger partial charge in [0.2, 0.25) is 0 Å². The number of carboxylic acids is 1. The van der Waals surface area contributed by atoms with E-state index in [2.05, 4.69) is 15.9 Å². The Kier molecular flexibility index (Phi) is 6.33. The summed E-state index contributed by atoms with van der Waals surface area (Å²) in [7, 11) is 0. The second-order valence-electron chi connectivity index (χ2n) is 2.29. The normalized spacial score (nSPS) is 8.62. The summed E-state index contributed by atoms with van der Waals surface area (Å²) in [4.78, 5) is 9.00. The van der Waals surface area contributed by atoms with Crippen molar-refractivity contribution in [3.8, 4) is 5.75 Å². The fourth-order valence-corrected chi connectivity index (χ4v) is 3.44. The van der Waals surface area contributed by atoms with Gasteiger partial charge in [0.05, 0.1) is 0 Å². The first-order valence-corrected chi connectivity index (χ1v) is 6.97. The molecule has 0 aliphatic carbocycles. The molecule has 0 aliphatic rings. The SMILES string of the molecule is CC(=O)O.Oc1ccc(Br)c[c]1[Hg]. The van der Waals surface area contributed by atoms with Crippen molar-refractivity contribution in [2.45, 2.75) is 6.92 Å². The molecule has 0 fully saturated rings. The molecule has 0 unspecified atom stereocenters. The van der Waals surface area contributed by atoms with Crippen LogP contribution in [-0.2, 0) is 30.9 Å². The van der Waals surface area contributed by atoms with Crippen molar-refractivity contribution in [1.29, 1.82) is 0 Å². The molecular formula is C8H8BrHgO3. The van der Waals surface area contributed by atoms with Crippen molar-refractivity contribution >= 4 is 25.0 Å². The number of phenolic OH excluding ortho intramolecular Hbond substituents is 1. The van der Waals surface area contributed by atoms with Gasteiger partial charge in [-0.05, 0) is 0 Å². The van der Waals surface area contributed by atoms with Gasteiger partial charge in [-0.3, -0.25) is 4.79 Å². The van der Waals surface area contributed by atoms with E-state index in [4.69, 9.17) is 15.0 Å². The van der Waals surface area contributed by atoms with Gasteiger partial charge in [0.15, 0.2) is 0 Å². The zero-order valence-electron chi connectivity index (χ0n) is 7.12. The van der Waals surface area contributed by atoms with Gasteiger partial charge < -0.3 is 5.11 Å². The van der Waals surface area contributed by atoms with Crippen LogP contribution in [0.5, 0.6) is 5.75 Å². The third-order valence-corrected chi connectivity index (χ3v) is 3.74. The first-order valence-electron chi connectivity index (χ1n) is 3.43. The molecule has 0 spiro atoms. The Morgan fingerprint density at radius 2 is 2.00 bits per heavy atom. The minimum absolute atomic E-state index is 0.432. The molecule has 1 aromatic rings. The monoisotopic (exact) mass is 433 g/mol.